The third-order valence-corrected chi connectivity index (χ3v) is 6.85. The van der Waals surface area contributed by atoms with Crippen molar-refractivity contribution in [3.05, 3.63) is 24.4 Å². The summed E-state index contributed by atoms with van der Waals surface area (Å²) < 4.78 is 0. The third kappa shape index (κ3) is 4.15. The van der Waals surface area contributed by atoms with E-state index in [4.69, 9.17) is 0 Å². The summed E-state index contributed by atoms with van der Waals surface area (Å²) in [5.74, 6) is 0. The number of rotatable bonds is 8. The van der Waals surface area contributed by atoms with Crippen LogP contribution in [0.3, 0.4) is 0 Å². The van der Waals surface area contributed by atoms with Gasteiger partial charge in [-0.3, -0.25) is 0 Å². The quantitative estimate of drug-likeness (QED) is 0.435. The molecular weight excluding hydrogens is 306 g/mol. The van der Waals surface area contributed by atoms with E-state index >= 15 is 0 Å². The molecule has 0 amide bonds. The first kappa shape index (κ1) is 20.6. The van der Waals surface area contributed by atoms with Gasteiger partial charge < -0.3 is 10.0 Å². The minimum atomic E-state index is -0.179. The van der Waals surface area contributed by atoms with Crippen LogP contribution in [0.2, 0.25) is 0 Å². The van der Waals surface area contributed by atoms with E-state index in [9.17, 15) is 5.11 Å². The maximum atomic E-state index is 10.8. The third-order valence-electron chi connectivity index (χ3n) is 6.85. The molecule has 0 aromatic carbocycles. The van der Waals surface area contributed by atoms with E-state index in [1.165, 1.54) is 25.0 Å². The molecule has 2 rings (SSSR count). The van der Waals surface area contributed by atoms with Crippen molar-refractivity contribution >= 4 is 0 Å². The van der Waals surface area contributed by atoms with Gasteiger partial charge in [-0.2, -0.15) is 0 Å². The predicted molar refractivity (Wildman–Crippen MR) is 108 cm³/mol. The Morgan fingerprint density at radius 3 is 2.56 bits per heavy atom. The summed E-state index contributed by atoms with van der Waals surface area (Å²) in [4.78, 5) is 2.61. The number of unbranched alkanes of at least 4 members (excludes halogenated alkanes) is 1. The summed E-state index contributed by atoms with van der Waals surface area (Å²) in [6.07, 6.45) is 12.1. The fourth-order valence-electron chi connectivity index (χ4n) is 5.10. The van der Waals surface area contributed by atoms with Crippen LogP contribution in [0.15, 0.2) is 24.4 Å². The lowest BCUT2D eigenvalue weighted by molar-refractivity contribution is -0.0352. The molecule has 1 heterocycles. The Bertz CT molecular complexity index is 499. The van der Waals surface area contributed by atoms with Gasteiger partial charge in [0.1, 0.15) is 0 Å². The number of aliphatic hydroxyl groups is 1. The van der Waals surface area contributed by atoms with Crippen molar-refractivity contribution < 1.29 is 5.11 Å². The van der Waals surface area contributed by atoms with Crippen LogP contribution in [-0.2, 0) is 0 Å². The molecule has 0 spiro atoms. The van der Waals surface area contributed by atoms with Crippen molar-refractivity contribution in [3.8, 4) is 0 Å². The average Bonchev–Trinajstić information content (AvgIpc) is 3.27. The summed E-state index contributed by atoms with van der Waals surface area (Å²) >= 11 is 0. The number of allylic oxidation sites excluding steroid dienone is 3. The van der Waals surface area contributed by atoms with Gasteiger partial charge in [-0.15, -0.1) is 0 Å². The molecule has 2 heteroatoms. The summed E-state index contributed by atoms with van der Waals surface area (Å²) in [5, 5.41) is 10.8. The molecule has 1 saturated heterocycles. The topological polar surface area (TPSA) is 23.5 Å². The number of aliphatic hydroxyl groups excluding tert-OH is 1. The molecule has 0 bridgehead atoms. The highest BCUT2D eigenvalue weighted by atomic mass is 16.3. The van der Waals surface area contributed by atoms with Crippen LogP contribution < -0.4 is 0 Å². The Morgan fingerprint density at radius 2 is 2.00 bits per heavy atom. The van der Waals surface area contributed by atoms with Crippen molar-refractivity contribution in [2.75, 3.05) is 6.54 Å². The fraction of sp³-hybridized carbons (Fsp3) is 0.826. The predicted octanol–water partition coefficient (Wildman–Crippen LogP) is 5.92. The first-order valence-corrected chi connectivity index (χ1v) is 10.4. The number of hydrogen-bond acceptors (Lipinski definition) is 2. The highest BCUT2D eigenvalue weighted by molar-refractivity contribution is 5.26. The Hall–Kier alpha value is -0.760. The summed E-state index contributed by atoms with van der Waals surface area (Å²) in [7, 11) is 0. The number of nitrogens with zero attached hydrogens (tertiary/aromatic N) is 1. The van der Waals surface area contributed by atoms with Crippen molar-refractivity contribution in [1.29, 1.82) is 0 Å². The number of piperidine rings is 1. The second-order valence-corrected chi connectivity index (χ2v) is 10.2. The second kappa shape index (κ2) is 7.47. The Balaban J connectivity index is 2.05. The van der Waals surface area contributed by atoms with Gasteiger partial charge in [0.15, 0.2) is 0 Å². The summed E-state index contributed by atoms with van der Waals surface area (Å²) in [6, 6.07) is 0.514. The van der Waals surface area contributed by atoms with Crippen LogP contribution in [0.1, 0.15) is 86.5 Å². The normalized spacial score (nSPS) is 30.0. The van der Waals surface area contributed by atoms with Crippen LogP contribution in [0.4, 0.5) is 0 Å². The van der Waals surface area contributed by atoms with Crippen molar-refractivity contribution in [2.45, 2.75) is 98.6 Å². The number of fused-ring (bicyclic) bond motifs is 1. The number of likely N-dealkylation sites (tertiary alicyclic amines) is 1. The monoisotopic (exact) mass is 347 g/mol. The second-order valence-electron chi connectivity index (χ2n) is 10.2. The summed E-state index contributed by atoms with van der Waals surface area (Å²) in [6.45, 7) is 18.9. The molecule has 3 atom stereocenters. The molecule has 2 aliphatic rings. The van der Waals surface area contributed by atoms with Crippen LogP contribution >= 0.6 is 0 Å². The largest absolute Gasteiger partial charge is 0.392 e. The van der Waals surface area contributed by atoms with Gasteiger partial charge in [-0.25, -0.2) is 0 Å². The average molecular weight is 348 g/mol. The molecule has 144 valence electrons. The van der Waals surface area contributed by atoms with Gasteiger partial charge in [0.25, 0.3) is 0 Å². The van der Waals surface area contributed by atoms with Crippen LogP contribution in [0, 0.1) is 16.2 Å². The molecule has 2 nitrogen and oxygen atoms in total. The molecule has 1 saturated carbocycles. The van der Waals surface area contributed by atoms with Gasteiger partial charge >= 0.3 is 0 Å². The molecule has 0 aromatic rings. The Kier molecular flexibility index (Phi) is 6.14. The minimum Gasteiger partial charge on any atom is -0.392 e. The molecule has 25 heavy (non-hydrogen) atoms. The van der Waals surface area contributed by atoms with Gasteiger partial charge in [-0.05, 0) is 55.4 Å². The SMILES string of the molecule is C=CC=C(CCCCC(C)(C)C)N1CCC(C)(C)C2(C(O)CC)CC12. The molecule has 1 N–H and O–H groups in total. The highest BCUT2D eigenvalue weighted by Gasteiger charge is 2.69. The van der Waals surface area contributed by atoms with Crippen LogP contribution in [0.5, 0.6) is 0 Å². The smallest absolute Gasteiger partial charge is 0.0619 e. The van der Waals surface area contributed by atoms with E-state index < -0.39 is 0 Å². The van der Waals surface area contributed by atoms with Gasteiger partial charge in [0.05, 0.1) is 6.10 Å². The molecule has 1 aliphatic carbocycles. The van der Waals surface area contributed by atoms with Gasteiger partial charge in [-0.1, -0.05) is 60.6 Å². The van der Waals surface area contributed by atoms with E-state index in [-0.39, 0.29) is 16.9 Å². The minimum absolute atomic E-state index is 0.0890. The lowest BCUT2D eigenvalue weighted by Gasteiger charge is -2.47. The first-order valence-electron chi connectivity index (χ1n) is 10.4. The standard InChI is InChI=1S/C23H41NO/c1-8-12-18(13-10-11-14-21(3,4)5)24-16-15-22(6,7)23(17-19(23)24)20(25)9-2/h8,12,19-20,25H,1,9-11,13-17H2,2-7H3. The molecular formula is C23H41NO. The lowest BCUT2D eigenvalue weighted by Crippen LogP contribution is -2.49. The molecule has 0 radical (unpaired) electrons. The van der Waals surface area contributed by atoms with Crippen LogP contribution in [-0.4, -0.2) is 28.7 Å². The van der Waals surface area contributed by atoms with E-state index in [0.29, 0.717) is 11.5 Å². The maximum Gasteiger partial charge on any atom is 0.0619 e. The Labute approximate surface area is 156 Å². The van der Waals surface area contributed by atoms with Gasteiger partial charge in [0, 0.05) is 23.7 Å². The van der Waals surface area contributed by atoms with E-state index in [1.54, 1.807) is 0 Å². The molecule has 1 aliphatic heterocycles. The molecule has 3 unspecified atom stereocenters. The maximum absolute atomic E-state index is 10.8. The van der Waals surface area contributed by atoms with Crippen molar-refractivity contribution in [1.82, 2.24) is 4.90 Å². The van der Waals surface area contributed by atoms with Crippen molar-refractivity contribution in [2.24, 2.45) is 16.2 Å². The van der Waals surface area contributed by atoms with E-state index in [2.05, 4.69) is 59.1 Å². The van der Waals surface area contributed by atoms with Crippen LogP contribution in [0.25, 0.3) is 0 Å². The molecule has 2 fully saturated rings. The zero-order valence-corrected chi connectivity index (χ0v) is 17.6. The lowest BCUT2D eigenvalue weighted by atomic mass is 9.67. The summed E-state index contributed by atoms with van der Waals surface area (Å²) in [5.41, 5.74) is 2.18. The fourth-order valence-corrected chi connectivity index (χ4v) is 5.10. The zero-order valence-electron chi connectivity index (χ0n) is 17.6. The Morgan fingerprint density at radius 1 is 1.32 bits per heavy atom. The number of hydrogen-bond donors (Lipinski definition) is 1. The van der Waals surface area contributed by atoms with Gasteiger partial charge in [0.2, 0.25) is 0 Å². The molecule has 0 aromatic heterocycles. The van der Waals surface area contributed by atoms with E-state index in [1.807, 2.05) is 6.08 Å². The van der Waals surface area contributed by atoms with Crippen molar-refractivity contribution in [3.63, 3.8) is 0 Å². The van der Waals surface area contributed by atoms with E-state index in [0.717, 1.165) is 32.2 Å². The highest BCUT2D eigenvalue weighted by Crippen LogP contribution is 2.67. The first-order chi connectivity index (χ1) is 11.6. The zero-order chi connectivity index (χ0) is 18.9.